The highest BCUT2D eigenvalue weighted by Gasteiger charge is 2.29. The predicted molar refractivity (Wildman–Crippen MR) is 77.2 cm³/mol. The van der Waals surface area contributed by atoms with Gasteiger partial charge in [0.05, 0.1) is 12.1 Å². The number of anilines is 2. The van der Waals surface area contributed by atoms with E-state index in [0.717, 1.165) is 0 Å². The van der Waals surface area contributed by atoms with Crippen LogP contribution in [0, 0.1) is 0 Å². The maximum absolute atomic E-state index is 12.2. The first-order valence-electron chi connectivity index (χ1n) is 5.67. The summed E-state index contributed by atoms with van der Waals surface area (Å²) >= 11 is 1.04. The molecule has 1 aromatic carbocycles. The van der Waals surface area contributed by atoms with Gasteiger partial charge >= 0.3 is 5.51 Å². The summed E-state index contributed by atoms with van der Waals surface area (Å²) in [6.45, 7) is 0. The molecule has 1 aromatic heterocycles. The number of nitrogens with two attached hydrogens (primary N) is 1. The predicted octanol–water partition coefficient (Wildman–Crippen LogP) is 3.52. The van der Waals surface area contributed by atoms with E-state index in [9.17, 15) is 18.0 Å². The molecule has 3 N–H and O–H groups in total. The highest BCUT2D eigenvalue weighted by atomic mass is 32.2. The van der Waals surface area contributed by atoms with Gasteiger partial charge in [-0.2, -0.15) is 13.2 Å². The van der Waals surface area contributed by atoms with Gasteiger partial charge in [-0.05, 0) is 36.0 Å². The van der Waals surface area contributed by atoms with Gasteiger partial charge in [-0.25, -0.2) is 4.98 Å². The normalized spacial score (nSPS) is 11.4. The van der Waals surface area contributed by atoms with E-state index in [-0.39, 0.29) is 29.0 Å². The van der Waals surface area contributed by atoms with Crippen LogP contribution in [0.5, 0.6) is 0 Å². The molecule has 1 heterocycles. The molecule has 0 saturated carbocycles. The summed E-state index contributed by atoms with van der Waals surface area (Å²) in [5.74, 6) is -0.309. The smallest absolute Gasteiger partial charge is 0.375 e. The Bertz CT molecular complexity index is 625. The third kappa shape index (κ3) is 5.27. The highest BCUT2D eigenvalue weighted by Crippen LogP contribution is 2.37. The summed E-state index contributed by atoms with van der Waals surface area (Å²) in [7, 11) is 0. The summed E-state index contributed by atoms with van der Waals surface area (Å²) in [4.78, 5) is 15.7. The molecule has 21 heavy (non-hydrogen) atoms. The quantitative estimate of drug-likeness (QED) is 0.840. The molecule has 0 radical (unpaired) electrons. The second kappa shape index (κ2) is 6.35. The fraction of sp³-hybridized carbons (Fsp3) is 0.167. The van der Waals surface area contributed by atoms with E-state index < -0.39 is 5.51 Å². The van der Waals surface area contributed by atoms with Crippen molar-refractivity contribution in [2.24, 2.45) is 0 Å². The van der Waals surface area contributed by atoms with E-state index in [1.54, 1.807) is 5.38 Å². The Labute approximate surface area is 126 Å². The standard InChI is InChI=1S/C12H10F3N3OS2/c13-12(14,15)21-9-3-1-7(2-4-9)17-10(19)5-8-6-20-11(16)18-8/h1-4,6H,5H2,(H2,16,18)(H,17,19). The molecule has 0 atom stereocenters. The number of hydrogen-bond donors (Lipinski definition) is 2. The third-order valence-corrected chi connectivity index (χ3v) is 3.74. The third-order valence-electron chi connectivity index (χ3n) is 2.28. The second-order valence-corrected chi connectivity index (χ2v) is 6.00. The average molecular weight is 333 g/mol. The zero-order valence-electron chi connectivity index (χ0n) is 10.5. The summed E-state index contributed by atoms with van der Waals surface area (Å²) in [6.07, 6.45) is 0.0623. The van der Waals surface area contributed by atoms with Crippen molar-refractivity contribution in [2.45, 2.75) is 16.8 Å². The van der Waals surface area contributed by atoms with Gasteiger partial charge in [-0.3, -0.25) is 4.79 Å². The van der Waals surface area contributed by atoms with Crippen molar-refractivity contribution in [3.8, 4) is 0 Å². The van der Waals surface area contributed by atoms with Crippen molar-refractivity contribution in [3.63, 3.8) is 0 Å². The van der Waals surface area contributed by atoms with Gasteiger partial charge in [0.15, 0.2) is 5.13 Å². The minimum Gasteiger partial charge on any atom is -0.375 e. The number of benzene rings is 1. The molecule has 2 rings (SSSR count). The number of carbonyl (C=O) groups is 1. The fourth-order valence-corrected chi connectivity index (χ4v) is 2.62. The SMILES string of the molecule is Nc1nc(CC(=O)Nc2ccc(SC(F)(F)F)cc2)cs1. The number of nitrogens with zero attached hydrogens (tertiary/aromatic N) is 1. The van der Waals surface area contributed by atoms with Crippen molar-refractivity contribution in [2.75, 3.05) is 11.1 Å². The lowest BCUT2D eigenvalue weighted by Gasteiger charge is -2.07. The number of nitrogens with one attached hydrogen (secondary N) is 1. The lowest BCUT2D eigenvalue weighted by molar-refractivity contribution is -0.115. The van der Waals surface area contributed by atoms with Crippen LogP contribution in [0.2, 0.25) is 0 Å². The average Bonchev–Trinajstić information content (AvgIpc) is 2.75. The van der Waals surface area contributed by atoms with Crippen molar-refractivity contribution >= 4 is 39.8 Å². The number of thiazole rings is 1. The maximum atomic E-state index is 12.2. The summed E-state index contributed by atoms with van der Waals surface area (Å²) in [5.41, 5.74) is 2.11. The number of amides is 1. The molecule has 2 aromatic rings. The Hall–Kier alpha value is -1.74. The Kier molecular flexibility index (Phi) is 4.73. The molecule has 0 fully saturated rings. The number of aromatic nitrogens is 1. The first-order valence-corrected chi connectivity index (χ1v) is 7.37. The van der Waals surface area contributed by atoms with Crippen LogP contribution in [0.4, 0.5) is 24.0 Å². The summed E-state index contributed by atoms with van der Waals surface area (Å²) in [6, 6.07) is 5.44. The van der Waals surface area contributed by atoms with Crippen LogP contribution < -0.4 is 11.1 Å². The number of thioether (sulfide) groups is 1. The molecule has 0 aliphatic carbocycles. The molecule has 0 bridgehead atoms. The van der Waals surface area contributed by atoms with E-state index in [1.165, 1.54) is 35.6 Å². The van der Waals surface area contributed by atoms with Crippen LogP contribution in [0.15, 0.2) is 34.5 Å². The molecule has 9 heteroatoms. The molecule has 0 unspecified atom stereocenters. The lowest BCUT2D eigenvalue weighted by atomic mass is 10.3. The van der Waals surface area contributed by atoms with Gasteiger partial charge in [-0.15, -0.1) is 11.3 Å². The zero-order valence-corrected chi connectivity index (χ0v) is 12.1. The van der Waals surface area contributed by atoms with E-state index >= 15 is 0 Å². The monoisotopic (exact) mass is 333 g/mol. The second-order valence-electron chi connectivity index (χ2n) is 3.97. The van der Waals surface area contributed by atoms with E-state index in [0.29, 0.717) is 16.5 Å². The van der Waals surface area contributed by atoms with Crippen LogP contribution in [0.25, 0.3) is 0 Å². The van der Waals surface area contributed by atoms with Gasteiger partial charge in [-0.1, -0.05) is 0 Å². The number of rotatable bonds is 4. The minimum absolute atomic E-state index is 0.0623. The van der Waals surface area contributed by atoms with Crippen molar-refractivity contribution < 1.29 is 18.0 Å². The molecule has 4 nitrogen and oxygen atoms in total. The molecule has 1 amide bonds. The Balaban J connectivity index is 1.92. The van der Waals surface area contributed by atoms with E-state index in [4.69, 9.17) is 5.73 Å². The number of hydrogen-bond acceptors (Lipinski definition) is 5. The lowest BCUT2D eigenvalue weighted by Crippen LogP contribution is -2.14. The topological polar surface area (TPSA) is 68.0 Å². The molecular formula is C12H10F3N3OS2. The van der Waals surface area contributed by atoms with Crippen LogP contribution in [-0.2, 0) is 11.2 Å². The van der Waals surface area contributed by atoms with Crippen LogP contribution in [0.3, 0.4) is 0 Å². The van der Waals surface area contributed by atoms with Crippen LogP contribution >= 0.6 is 23.1 Å². The van der Waals surface area contributed by atoms with Crippen molar-refractivity contribution in [3.05, 3.63) is 35.3 Å². The van der Waals surface area contributed by atoms with E-state index in [2.05, 4.69) is 10.3 Å². The minimum atomic E-state index is -4.32. The van der Waals surface area contributed by atoms with E-state index in [1.807, 2.05) is 0 Å². The summed E-state index contributed by atoms with van der Waals surface area (Å²) < 4.78 is 36.5. The van der Waals surface area contributed by atoms with Crippen LogP contribution in [0.1, 0.15) is 5.69 Å². The molecular weight excluding hydrogens is 323 g/mol. The highest BCUT2D eigenvalue weighted by molar-refractivity contribution is 8.00. The number of halogens is 3. The van der Waals surface area contributed by atoms with Gasteiger partial charge in [0.2, 0.25) is 5.91 Å². The van der Waals surface area contributed by atoms with Crippen molar-refractivity contribution in [1.82, 2.24) is 4.98 Å². The number of alkyl halides is 3. The number of nitrogen functional groups attached to an aromatic ring is 1. The fourth-order valence-electron chi connectivity index (χ4n) is 1.51. The van der Waals surface area contributed by atoms with Gasteiger partial charge in [0, 0.05) is 16.0 Å². The first-order chi connectivity index (χ1) is 9.82. The van der Waals surface area contributed by atoms with Crippen LogP contribution in [-0.4, -0.2) is 16.4 Å². The molecule has 0 saturated heterocycles. The van der Waals surface area contributed by atoms with Gasteiger partial charge < -0.3 is 11.1 Å². The largest absolute Gasteiger partial charge is 0.446 e. The summed E-state index contributed by atoms with van der Waals surface area (Å²) in [5, 5.41) is 4.64. The molecule has 0 spiro atoms. The Morgan fingerprint density at radius 2 is 2.00 bits per heavy atom. The zero-order chi connectivity index (χ0) is 15.5. The molecule has 112 valence electrons. The maximum Gasteiger partial charge on any atom is 0.446 e. The first kappa shape index (κ1) is 15.6. The van der Waals surface area contributed by atoms with Gasteiger partial charge in [0.1, 0.15) is 0 Å². The molecule has 0 aliphatic rings. The van der Waals surface area contributed by atoms with Gasteiger partial charge in [0.25, 0.3) is 0 Å². The Morgan fingerprint density at radius 3 is 2.52 bits per heavy atom. The van der Waals surface area contributed by atoms with Crippen molar-refractivity contribution in [1.29, 1.82) is 0 Å². The molecule has 0 aliphatic heterocycles. The number of carbonyl (C=O) groups excluding carboxylic acids is 1. The Morgan fingerprint density at radius 1 is 1.33 bits per heavy atom.